The van der Waals surface area contributed by atoms with E-state index in [9.17, 15) is 14.7 Å². The van der Waals surface area contributed by atoms with Crippen LogP contribution < -0.4 is 0 Å². The fraction of sp³-hybridized carbons (Fsp3) is 0.765. The molecule has 0 aromatic heterocycles. The second-order valence-corrected chi connectivity index (χ2v) is 6.41. The summed E-state index contributed by atoms with van der Waals surface area (Å²) in [5.74, 6) is -0.129. The molecular weight excluding hydrogens is 298 g/mol. The lowest BCUT2D eigenvalue weighted by atomic mass is 9.98. The third-order valence-corrected chi connectivity index (χ3v) is 4.81. The van der Waals surface area contributed by atoms with Crippen molar-refractivity contribution in [2.75, 3.05) is 13.7 Å². The van der Waals surface area contributed by atoms with Crippen LogP contribution in [0.25, 0.3) is 0 Å². The van der Waals surface area contributed by atoms with E-state index in [1.54, 1.807) is 0 Å². The van der Waals surface area contributed by atoms with Crippen LogP contribution in [0.3, 0.4) is 0 Å². The highest BCUT2D eigenvalue weighted by molar-refractivity contribution is 5.82. The third-order valence-electron chi connectivity index (χ3n) is 4.81. The molecule has 0 aromatic carbocycles. The molecule has 23 heavy (non-hydrogen) atoms. The van der Waals surface area contributed by atoms with E-state index < -0.39 is 24.2 Å². The fourth-order valence-electron chi connectivity index (χ4n) is 3.58. The largest absolute Gasteiger partial charge is 0.467 e. The maximum Gasteiger partial charge on any atom is 0.410 e. The summed E-state index contributed by atoms with van der Waals surface area (Å²) < 4.78 is 10.4. The van der Waals surface area contributed by atoms with Crippen molar-refractivity contribution < 1.29 is 24.2 Å². The van der Waals surface area contributed by atoms with E-state index in [1.807, 2.05) is 6.08 Å². The van der Waals surface area contributed by atoms with E-state index in [2.05, 4.69) is 6.58 Å². The number of amides is 1. The monoisotopic (exact) mass is 325 g/mol. The summed E-state index contributed by atoms with van der Waals surface area (Å²) in [6.07, 6.45) is 6.82. The van der Waals surface area contributed by atoms with Crippen molar-refractivity contribution in [3.05, 3.63) is 12.7 Å². The van der Waals surface area contributed by atoms with E-state index in [0.717, 1.165) is 38.5 Å². The maximum absolute atomic E-state index is 12.4. The second kappa shape index (κ2) is 8.34. The highest BCUT2D eigenvalue weighted by Crippen LogP contribution is 2.33. The van der Waals surface area contributed by atoms with Gasteiger partial charge in [0.15, 0.2) is 0 Å². The minimum atomic E-state index is -0.747. The van der Waals surface area contributed by atoms with Crippen LogP contribution in [0.15, 0.2) is 12.7 Å². The number of β-amino-alcohol motifs (C(OH)–C–C–N with tert-alkyl or cyclic N) is 1. The second-order valence-electron chi connectivity index (χ2n) is 6.41. The van der Waals surface area contributed by atoms with Crippen LogP contribution in [-0.4, -0.2) is 54.0 Å². The van der Waals surface area contributed by atoms with Gasteiger partial charge in [-0.3, -0.25) is 4.90 Å². The van der Waals surface area contributed by atoms with Gasteiger partial charge < -0.3 is 14.6 Å². The molecule has 1 saturated carbocycles. The first-order valence-corrected chi connectivity index (χ1v) is 8.40. The standard InChI is InChI=1S/C17H27NO5/c1-3-4-5-7-12-8-6-9-15(12)23-17(21)18-11-13(19)10-14(18)16(20)22-2/h3,12-15,19H,1,4-11H2,2H3/t12-,13-,14?,15-/m1/s1. The van der Waals surface area contributed by atoms with Gasteiger partial charge in [0, 0.05) is 6.42 Å². The molecule has 1 unspecified atom stereocenters. The summed E-state index contributed by atoms with van der Waals surface area (Å²) in [7, 11) is 1.28. The summed E-state index contributed by atoms with van der Waals surface area (Å²) >= 11 is 0. The van der Waals surface area contributed by atoms with Crippen molar-refractivity contribution in [2.24, 2.45) is 5.92 Å². The van der Waals surface area contributed by atoms with Gasteiger partial charge in [-0.2, -0.15) is 0 Å². The molecule has 0 aromatic rings. The molecule has 6 nitrogen and oxygen atoms in total. The molecule has 1 amide bonds. The molecule has 6 heteroatoms. The summed E-state index contributed by atoms with van der Waals surface area (Å²) in [5, 5.41) is 9.75. The zero-order valence-corrected chi connectivity index (χ0v) is 13.8. The lowest BCUT2D eigenvalue weighted by molar-refractivity contribution is -0.145. The Labute approximate surface area is 137 Å². The number of rotatable bonds is 6. The zero-order valence-electron chi connectivity index (χ0n) is 13.8. The predicted octanol–water partition coefficient (Wildman–Crippen LogP) is 2.26. The molecular formula is C17H27NO5. The molecule has 1 aliphatic carbocycles. The Bertz CT molecular complexity index is 439. The van der Waals surface area contributed by atoms with Gasteiger partial charge in [0.05, 0.1) is 19.8 Å². The van der Waals surface area contributed by atoms with Gasteiger partial charge in [-0.1, -0.05) is 6.08 Å². The van der Waals surface area contributed by atoms with Gasteiger partial charge in [0.25, 0.3) is 0 Å². The van der Waals surface area contributed by atoms with Crippen LogP contribution in [-0.2, 0) is 14.3 Å². The van der Waals surface area contributed by atoms with Crippen LogP contribution in [0.5, 0.6) is 0 Å². The number of nitrogens with zero attached hydrogens (tertiary/aromatic N) is 1. The van der Waals surface area contributed by atoms with Crippen LogP contribution in [0.4, 0.5) is 4.79 Å². The van der Waals surface area contributed by atoms with E-state index in [0.29, 0.717) is 5.92 Å². The number of allylic oxidation sites excluding steroid dienone is 1. The van der Waals surface area contributed by atoms with Crippen molar-refractivity contribution in [1.29, 1.82) is 0 Å². The topological polar surface area (TPSA) is 76.1 Å². The van der Waals surface area contributed by atoms with E-state index in [4.69, 9.17) is 9.47 Å². The number of hydrogen-bond donors (Lipinski definition) is 1. The molecule has 0 bridgehead atoms. The Kier molecular flexibility index (Phi) is 6.45. The normalized spacial score (nSPS) is 30.3. The molecule has 1 aliphatic heterocycles. The number of methoxy groups -OCH3 is 1. The van der Waals surface area contributed by atoms with Crippen molar-refractivity contribution in [3.8, 4) is 0 Å². The molecule has 1 heterocycles. The first-order chi connectivity index (χ1) is 11.1. The number of carbonyl (C=O) groups excluding carboxylic acids is 2. The number of likely N-dealkylation sites (tertiary alicyclic amines) is 1. The zero-order chi connectivity index (χ0) is 16.8. The Morgan fingerprint density at radius 1 is 1.39 bits per heavy atom. The summed E-state index contributed by atoms with van der Waals surface area (Å²) in [6.45, 7) is 3.84. The summed E-state index contributed by atoms with van der Waals surface area (Å²) in [6, 6.07) is -0.747. The molecule has 130 valence electrons. The number of carbonyl (C=O) groups is 2. The molecule has 0 spiro atoms. The minimum Gasteiger partial charge on any atom is -0.467 e. The number of aliphatic hydroxyl groups excluding tert-OH is 1. The maximum atomic E-state index is 12.4. The van der Waals surface area contributed by atoms with Crippen molar-refractivity contribution >= 4 is 12.1 Å². The first kappa shape index (κ1) is 17.8. The number of hydrogen-bond acceptors (Lipinski definition) is 5. The van der Waals surface area contributed by atoms with E-state index in [1.165, 1.54) is 12.0 Å². The van der Waals surface area contributed by atoms with Gasteiger partial charge in [-0.05, 0) is 44.4 Å². The molecule has 2 aliphatic rings. The third kappa shape index (κ3) is 4.47. The van der Waals surface area contributed by atoms with Crippen molar-refractivity contribution in [2.45, 2.75) is 63.2 Å². The van der Waals surface area contributed by atoms with Gasteiger partial charge in [-0.25, -0.2) is 9.59 Å². The Hall–Kier alpha value is -1.56. The lowest BCUT2D eigenvalue weighted by Gasteiger charge is -2.26. The van der Waals surface area contributed by atoms with Crippen molar-refractivity contribution in [3.63, 3.8) is 0 Å². The van der Waals surface area contributed by atoms with Gasteiger partial charge in [-0.15, -0.1) is 6.58 Å². The summed E-state index contributed by atoms with van der Waals surface area (Å²) in [5.41, 5.74) is 0. The molecule has 0 radical (unpaired) electrons. The van der Waals surface area contributed by atoms with E-state index in [-0.39, 0.29) is 19.1 Å². The number of ether oxygens (including phenoxy) is 2. The molecule has 2 fully saturated rings. The smallest absolute Gasteiger partial charge is 0.410 e. The van der Waals surface area contributed by atoms with Crippen LogP contribution >= 0.6 is 0 Å². The fourth-order valence-corrected chi connectivity index (χ4v) is 3.58. The number of aliphatic hydroxyl groups is 1. The van der Waals surface area contributed by atoms with Crippen LogP contribution in [0, 0.1) is 5.92 Å². The quantitative estimate of drug-likeness (QED) is 0.460. The minimum absolute atomic E-state index is 0.0941. The van der Waals surface area contributed by atoms with Crippen molar-refractivity contribution in [1.82, 2.24) is 4.90 Å². The van der Waals surface area contributed by atoms with Crippen LogP contribution in [0.2, 0.25) is 0 Å². The Balaban J connectivity index is 1.91. The predicted molar refractivity (Wildman–Crippen MR) is 84.8 cm³/mol. The SMILES string of the molecule is C=CCCC[C@@H]1CCC[C@H]1OC(=O)N1C[C@H](O)CC1C(=O)OC. The lowest BCUT2D eigenvalue weighted by Crippen LogP contribution is -2.43. The Morgan fingerprint density at radius 3 is 2.87 bits per heavy atom. The molecule has 1 saturated heterocycles. The van der Waals surface area contributed by atoms with Gasteiger partial charge in [0.1, 0.15) is 12.1 Å². The number of unbranched alkanes of at least 4 members (excludes halogenated alkanes) is 1. The number of esters is 1. The average Bonchev–Trinajstić information content (AvgIpc) is 3.13. The van der Waals surface area contributed by atoms with E-state index >= 15 is 0 Å². The van der Waals surface area contributed by atoms with Gasteiger partial charge in [0.2, 0.25) is 0 Å². The highest BCUT2D eigenvalue weighted by atomic mass is 16.6. The van der Waals surface area contributed by atoms with Crippen LogP contribution in [0.1, 0.15) is 44.9 Å². The average molecular weight is 325 g/mol. The first-order valence-electron chi connectivity index (χ1n) is 8.40. The molecule has 2 rings (SSSR count). The highest BCUT2D eigenvalue weighted by Gasteiger charge is 2.42. The summed E-state index contributed by atoms with van der Waals surface area (Å²) in [4.78, 5) is 25.5. The van der Waals surface area contributed by atoms with Gasteiger partial charge >= 0.3 is 12.1 Å². The Morgan fingerprint density at radius 2 is 2.17 bits per heavy atom. The molecule has 4 atom stereocenters. The molecule has 1 N–H and O–H groups in total.